The largest absolute Gasteiger partial charge is 0.506 e. The summed E-state index contributed by atoms with van der Waals surface area (Å²) in [7, 11) is 0. The highest BCUT2D eigenvalue weighted by Gasteiger charge is 2.11. The lowest BCUT2D eigenvalue weighted by molar-refractivity contribution is 0.0705. The lowest BCUT2D eigenvalue weighted by Crippen LogP contribution is -2.09. The molecular weight excluding hydrogens is 372 g/mol. The predicted octanol–water partition coefficient (Wildman–Crippen LogP) is 2.54. The monoisotopic (exact) mass is 390 g/mol. The molecular formula is C21H18N4O4. The molecule has 0 fully saturated rings. The van der Waals surface area contributed by atoms with Crippen molar-refractivity contribution in [3.05, 3.63) is 54.1 Å². The van der Waals surface area contributed by atoms with Gasteiger partial charge in [0.15, 0.2) is 0 Å². The molecule has 0 aliphatic rings. The normalized spacial score (nSPS) is 11.0. The van der Waals surface area contributed by atoms with Crippen molar-refractivity contribution < 1.29 is 19.7 Å². The number of phenolic OH excluding ortho intramolecular Hbond substituents is 1. The molecule has 0 atom stereocenters. The summed E-state index contributed by atoms with van der Waals surface area (Å²) in [5, 5.41) is 38.7. The number of aromatic hydroxyl groups is 1. The number of aromatic nitrogens is 3. The molecule has 29 heavy (non-hydrogen) atoms. The second kappa shape index (κ2) is 8.14. The van der Waals surface area contributed by atoms with E-state index in [-0.39, 0.29) is 19.0 Å². The van der Waals surface area contributed by atoms with Gasteiger partial charge in [0.1, 0.15) is 34.8 Å². The minimum absolute atomic E-state index is 0.0173. The van der Waals surface area contributed by atoms with Crippen LogP contribution in [0.15, 0.2) is 48.5 Å². The maximum absolute atomic E-state index is 10.5. The zero-order valence-electron chi connectivity index (χ0n) is 15.4. The SMILES string of the molecule is N#Cc1ccc2nn(-c3cc4cc(OCCOCCO)ccc4cc3O)nc2c1. The van der Waals surface area contributed by atoms with Crippen LogP contribution in [0.5, 0.6) is 11.5 Å². The lowest BCUT2D eigenvalue weighted by atomic mass is 10.1. The highest BCUT2D eigenvalue weighted by Crippen LogP contribution is 2.30. The van der Waals surface area contributed by atoms with Gasteiger partial charge >= 0.3 is 0 Å². The van der Waals surface area contributed by atoms with Crippen LogP contribution >= 0.6 is 0 Å². The first kappa shape index (κ1) is 18.7. The molecule has 8 heteroatoms. The van der Waals surface area contributed by atoms with E-state index in [1.165, 1.54) is 4.80 Å². The number of rotatable bonds is 7. The minimum Gasteiger partial charge on any atom is -0.506 e. The zero-order valence-corrected chi connectivity index (χ0v) is 15.4. The minimum atomic E-state index is -0.0173. The van der Waals surface area contributed by atoms with E-state index in [0.29, 0.717) is 41.2 Å². The van der Waals surface area contributed by atoms with E-state index in [0.717, 1.165) is 10.8 Å². The fraction of sp³-hybridized carbons (Fsp3) is 0.190. The molecule has 0 radical (unpaired) electrons. The molecule has 0 amide bonds. The van der Waals surface area contributed by atoms with Gasteiger partial charge in [0.05, 0.1) is 31.5 Å². The second-order valence-electron chi connectivity index (χ2n) is 6.34. The van der Waals surface area contributed by atoms with Crippen molar-refractivity contribution in [3.63, 3.8) is 0 Å². The highest BCUT2D eigenvalue weighted by atomic mass is 16.5. The number of nitriles is 1. The van der Waals surface area contributed by atoms with Crippen molar-refractivity contribution in [1.82, 2.24) is 15.0 Å². The molecule has 4 aromatic rings. The van der Waals surface area contributed by atoms with Crippen LogP contribution in [-0.2, 0) is 4.74 Å². The number of nitrogens with zero attached hydrogens (tertiary/aromatic N) is 4. The second-order valence-corrected chi connectivity index (χ2v) is 6.34. The van der Waals surface area contributed by atoms with Gasteiger partial charge in [-0.15, -0.1) is 15.0 Å². The number of ether oxygens (including phenoxy) is 2. The molecule has 1 aromatic heterocycles. The number of hydrogen-bond donors (Lipinski definition) is 2. The van der Waals surface area contributed by atoms with Gasteiger partial charge < -0.3 is 19.7 Å². The van der Waals surface area contributed by atoms with Crippen LogP contribution in [-0.4, -0.2) is 51.6 Å². The van der Waals surface area contributed by atoms with Gasteiger partial charge in [-0.3, -0.25) is 0 Å². The third kappa shape index (κ3) is 3.96. The Morgan fingerprint density at radius 3 is 2.62 bits per heavy atom. The van der Waals surface area contributed by atoms with Crippen molar-refractivity contribution in [2.75, 3.05) is 26.4 Å². The van der Waals surface area contributed by atoms with E-state index in [1.807, 2.05) is 18.2 Å². The molecule has 0 saturated carbocycles. The zero-order chi connectivity index (χ0) is 20.2. The molecule has 1 heterocycles. The summed E-state index contributed by atoms with van der Waals surface area (Å²) >= 11 is 0. The number of fused-ring (bicyclic) bond motifs is 2. The number of hydrogen-bond acceptors (Lipinski definition) is 7. The standard InChI is InChI=1S/C21H18N4O4/c22-13-14-1-4-18-19(9-14)24-25(23-18)20-11-16-10-17(29-8-7-28-6-5-26)3-2-15(16)12-21(20)27/h1-4,9-12,26-27H,5-8H2. The first-order chi connectivity index (χ1) is 14.2. The van der Waals surface area contributed by atoms with Crippen molar-refractivity contribution in [3.8, 4) is 23.3 Å². The van der Waals surface area contributed by atoms with Crippen molar-refractivity contribution >= 4 is 21.8 Å². The molecule has 0 aliphatic carbocycles. The molecule has 2 N–H and O–H groups in total. The summed E-state index contributed by atoms with van der Waals surface area (Å²) in [6, 6.07) is 16.1. The van der Waals surface area contributed by atoms with E-state index < -0.39 is 0 Å². The van der Waals surface area contributed by atoms with Gasteiger partial charge in [-0.05, 0) is 53.2 Å². The van der Waals surface area contributed by atoms with Gasteiger partial charge in [0.2, 0.25) is 0 Å². The van der Waals surface area contributed by atoms with E-state index in [2.05, 4.69) is 16.3 Å². The van der Waals surface area contributed by atoms with Crippen LogP contribution in [0.3, 0.4) is 0 Å². The number of aliphatic hydroxyl groups is 1. The molecule has 0 saturated heterocycles. The maximum atomic E-state index is 10.5. The van der Waals surface area contributed by atoms with E-state index >= 15 is 0 Å². The van der Waals surface area contributed by atoms with Crippen molar-refractivity contribution in [2.45, 2.75) is 0 Å². The van der Waals surface area contributed by atoms with Gasteiger partial charge in [-0.25, -0.2) is 0 Å². The Labute approximate surface area is 166 Å². The van der Waals surface area contributed by atoms with Crippen molar-refractivity contribution in [1.29, 1.82) is 5.26 Å². The molecule has 0 spiro atoms. The summed E-state index contributed by atoms with van der Waals surface area (Å²) in [6.45, 7) is 1.01. The Kier molecular flexibility index (Phi) is 5.24. The van der Waals surface area contributed by atoms with Crippen LogP contribution in [0, 0.1) is 11.3 Å². The van der Waals surface area contributed by atoms with Crippen LogP contribution < -0.4 is 4.74 Å². The maximum Gasteiger partial charge on any atom is 0.143 e. The Morgan fingerprint density at radius 2 is 1.79 bits per heavy atom. The van der Waals surface area contributed by atoms with Crippen LogP contribution in [0.2, 0.25) is 0 Å². The molecule has 146 valence electrons. The summed E-state index contributed by atoms with van der Waals surface area (Å²) in [6.07, 6.45) is 0. The Balaban J connectivity index is 1.64. The van der Waals surface area contributed by atoms with E-state index in [9.17, 15) is 5.11 Å². The average molecular weight is 390 g/mol. The fourth-order valence-electron chi connectivity index (χ4n) is 2.98. The molecule has 0 aliphatic heterocycles. The first-order valence-corrected chi connectivity index (χ1v) is 9.04. The van der Waals surface area contributed by atoms with Crippen molar-refractivity contribution in [2.24, 2.45) is 0 Å². The first-order valence-electron chi connectivity index (χ1n) is 9.04. The molecule has 0 bridgehead atoms. The summed E-state index contributed by atoms with van der Waals surface area (Å²) < 4.78 is 10.9. The van der Waals surface area contributed by atoms with Gasteiger partial charge in [0, 0.05) is 0 Å². The quantitative estimate of drug-likeness (QED) is 0.466. The Hall–Kier alpha value is -3.67. The smallest absolute Gasteiger partial charge is 0.143 e. The van der Waals surface area contributed by atoms with Crippen LogP contribution in [0.1, 0.15) is 5.56 Å². The third-order valence-corrected chi connectivity index (χ3v) is 4.36. The fourth-order valence-corrected chi connectivity index (χ4v) is 2.98. The molecule has 4 rings (SSSR count). The lowest BCUT2D eigenvalue weighted by Gasteiger charge is -2.09. The van der Waals surface area contributed by atoms with Gasteiger partial charge in [-0.1, -0.05) is 6.07 Å². The number of benzene rings is 3. The molecule has 8 nitrogen and oxygen atoms in total. The Morgan fingerprint density at radius 1 is 0.931 bits per heavy atom. The van der Waals surface area contributed by atoms with Crippen LogP contribution in [0.25, 0.3) is 27.5 Å². The topological polar surface area (TPSA) is 113 Å². The summed E-state index contributed by atoms with van der Waals surface area (Å²) in [5.74, 6) is 0.711. The van der Waals surface area contributed by atoms with E-state index in [4.69, 9.17) is 19.8 Å². The summed E-state index contributed by atoms with van der Waals surface area (Å²) in [5.41, 5.74) is 2.12. The Bertz CT molecular complexity index is 1210. The van der Waals surface area contributed by atoms with Gasteiger partial charge in [-0.2, -0.15) is 5.26 Å². The van der Waals surface area contributed by atoms with Crippen LogP contribution in [0.4, 0.5) is 0 Å². The molecule has 0 unspecified atom stereocenters. The predicted molar refractivity (Wildman–Crippen MR) is 106 cm³/mol. The highest BCUT2D eigenvalue weighted by molar-refractivity contribution is 5.88. The number of phenols is 1. The number of aliphatic hydroxyl groups excluding tert-OH is 1. The average Bonchev–Trinajstić information content (AvgIpc) is 3.16. The third-order valence-electron chi connectivity index (χ3n) is 4.36. The van der Waals surface area contributed by atoms with E-state index in [1.54, 1.807) is 30.3 Å². The summed E-state index contributed by atoms with van der Waals surface area (Å²) in [4.78, 5) is 1.36. The van der Waals surface area contributed by atoms with Gasteiger partial charge in [0.25, 0.3) is 0 Å². The molecule has 3 aromatic carbocycles.